The van der Waals surface area contributed by atoms with E-state index in [1.54, 1.807) is 0 Å². The highest BCUT2D eigenvalue weighted by Gasteiger charge is 2.13. The monoisotopic (exact) mass is 173 g/mol. The minimum absolute atomic E-state index is 0.0934. The van der Waals surface area contributed by atoms with Gasteiger partial charge >= 0.3 is 0 Å². The Labute approximate surface area is 74.0 Å². The van der Waals surface area contributed by atoms with Crippen molar-refractivity contribution in [2.75, 3.05) is 26.2 Å². The van der Waals surface area contributed by atoms with E-state index >= 15 is 0 Å². The van der Waals surface area contributed by atoms with Crippen LogP contribution in [0.25, 0.3) is 0 Å². The Morgan fingerprint density at radius 3 is 2.83 bits per heavy atom. The lowest BCUT2D eigenvalue weighted by atomic mass is 10.2. The molecule has 0 saturated carbocycles. The van der Waals surface area contributed by atoms with Crippen LogP contribution in [0.3, 0.4) is 0 Å². The third-order valence-corrected chi connectivity index (χ3v) is 2.42. The van der Waals surface area contributed by atoms with E-state index in [1.807, 2.05) is 0 Å². The Kier molecular flexibility index (Phi) is 4.58. The van der Waals surface area contributed by atoms with Crippen molar-refractivity contribution in [1.82, 2.24) is 4.90 Å². The average Bonchev–Trinajstić information content (AvgIpc) is 2.27. The lowest BCUT2D eigenvalue weighted by molar-refractivity contribution is 0.154. The molecular weight excluding hydrogens is 154 g/mol. The standard InChI is InChI=1S/C9H19NO2/c11-8-2-6-10-5-1-3-9(12)4-7-10/h9,11-12H,1-8H2. The fourth-order valence-corrected chi connectivity index (χ4v) is 1.66. The average molecular weight is 173 g/mol. The van der Waals surface area contributed by atoms with Crippen molar-refractivity contribution in [2.45, 2.75) is 31.8 Å². The van der Waals surface area contributed by atoms with Gasteiger partial charge in [0.25, 0.3) is 0 Å². The second kappa shape index (κ2) is 5.51. The zero-order valence-corrected chi connectivity index (χ0v) is 7.58. The summed E-state index contributed by atoms with van der Waals surface area (Å²) in [7, 11) is 0. The molecular formula is C9H19NO2. The van der Waals surface area contributed by atoms with Gasteiger partial charge in [0.15, 0.2) is 0 Å². The molecule has 0 spiro atoms. The summed E-state index contributed by atoms with van der Waals surface area (Å²) in [6, 6.07) is 0. The molecule has 1 aliphatic rings. The van der Waals surface area contributed by atoms with Crippen LogP contribution in [-0.2, 0) is 0 Å². The van der Waals surface area contributed by atoms with Gasteiger partial charge in [0.1, 0.15) is 0 Å². The Hall–Kier alpha value is -0.120. The van der Waals surface area contributed by atoms with E-state index < -0.39 is 0 Å². The van der Waals surface area contributed by atoms with Crippen molar-refractivity contribution in [1.29, 1.82) is 0 Å². The van der Waals surface area contributed by atoms with E-state index in [4.69, 9.17) is 5.11 Å². The SMILES string of the molecule is OCCCN1CCCC(O)CC1. The summed E-state index contributed by atoms with van der Waals surface area (Å²) in [6.07, 6.45) is 3.69. The molecule has 2 N–H and O–H groups in total. The van der Waals surface area contributed by atoms with Crippen LogP contribution in [0.5, 0.6) is 0 Å². The Bertz CT molecular complexity index is 117. The van der Waals surface area contributed by atoms with Crippen LogP contribution < -0.4 is 0 Å². The summed E-state index contributed by atoms with van der Waals surface area (Å²) in [5.74, 6) is 0. The first-order chi connectivity index (χ1) is 5.83. The van der Waals surface area contributed by atoms with E-state index in [1.165, 1.54) is 0 Å². The quantitative estimate of drug-likeness (QED) is 0.641. The zero-order chi connectivity index (χ0) is 8.81. The predicted molar refractivity (Wildman–Crippen MR) is 48.0 cm³/mol. The highest BCUT2D eigenvalue weighted by molar-refractivity contribution is 4.68. The van der Waals surface area contributed by atoms with Gasteiger partial charge in [0.05, 0.1) is 6.10 Å². The van der Waals surface area contributed by atoms with Crippen molar-refractivity contribution < 1.29 is 10.2 Å². The van der Waals surface area contributed by atoms with Gasteiger partial charge in [-0.1, -0.05) is 0 Å². The van der Waals surface area contributed by atoms with Crippen molar-refractivity contribution in [3.63, 3.8) is 0 Å². The maximum absolute atomic E-state index is 9.36. The fraction of sp³-hybridized carbons (Fsp3) is 1.00. The number of hydrogen-bond acceptors (Lipinski definition) is 3. The molecule has 0 radical (unpaired) electrons. The van der Waals surface area contributed by atoms with Gasteiger partial charge in [-0.25, -0.2) is 0 Å². The molecule has 0 amide bonds. The van der Waals surface area contributed by atoms with Crippen LogP contribution in [-0.4, -0.2) is 47.5 Å². The minimum atomic E-state index is -0.0934. The van der Waals surface area contributed by atoms with E-state index in [-0.39, 0.29) is 12.7 Å². The van der Waals surface area contributed by atoms with Crippen molar-refractivity contribution in [2.24, 2.45) is 0 Å². The van der Waals surface area contributed by atoms with Crippen LogP contribution in [0.15, 0.2) is 0 Å². The number of aliphatic hydroxyl groups excluding tert-OH is 2. The molecule has 3 nitrogen and oxygen atoms in total. The largest absolute Gasteiger partial charge is 0.396 e. The van der Waals surface area contributed by atoms with E-state index in [9.17, 15) is 5.11 Å². The summed E-state index contributed by atoms with van der Waals surface area (Å²) in [5, 5.41) is 18.0. The van der Waals surface area contributed by atoms with Crippen LogP contribution in [0.4, 0.5) is 0 Å². The summed E-state index contributed by atoms with van der Waals surface area (Å²) >= 11 is 0. The molecule has 1 aliphatic heterocycles. The van der Waals surface area contributed by atoms with Gasteiger partial charge in [-0.05, 0) is 32.2 Å². The first kappa shape index (κ1) is 9.96. The molecule has 1 heterocycles. The number of likely N-dealkylation sites (tertiary alicyclic amines) is 1. The third-order valence-electron chi connectivity index (χ3n) is 2.42. The molecule has 72 valence electrons. The molecule has 0 aliphatic carbocycles. The van der Waals surface area contributed by atoms with E-state index in [2.05, 4.69) is 4.90 Å². The second-order valence-corrected chi connectivity index (χ2v) is 3.50. The highest BCUT2D eigenvalue weighted by atomic mass is 16.3. The summed E-state index contributed by atoms with van der Waals surface area (Å²) < 4.78 is 0. The smallest absolute Gasteiger partial charge is 0.0553 e. The Morgan fingerprint density at radius 1 is 1.25 bits per heavy atom. The van der Waals surface area contributed by atoms with Crippen LogP contribution in [0.1, 0.15) is 25.7 Å². The van der Waals surface area contributed by atoms with Crippen LogP contribution in [0.2, 0.25) is 0 Å². The van der Waals surface area contributed by atoms with Gasteiger partial charge < -0.3 is 15.1 Å². The molecule has 12 heavy (non-hydrogen) atoms. The zero-order valence-electron chi connectivity index (χ0n) is 7.58. The molecule has 1 saturated heterocycles. The molecule has 0 aromatic heterocycles. The van der Waals surface area contributed by atoms with Gasteiger partial charge in [-0.15, -0.1) is 0 Å². The van der Waals surface area contributed by atoms with Crippen molar-refractivity contribution in [3.8, 4) is 0 Å². The summed E-state index contributed by atoms with van der Waals surface area (Å²) in [5.41, 5.74) is 0. The summed E-state index contributed by atoms with van der Waals surface area (Å²) in [6.45, 7) is 3.32. The molecule has 3 heteroatoms. The lowest BCUT2D eigenvalue weighted by Gasteiger charge is -2.18. The topological polar surface area (TPSA) is 43.7 Å². The van der Waals surface area contributed by atoms with Crippen LogP contribution >= 0.6 is 0 Å². The number of aliphatic hydroxyl groups is 2. The second-order valence-electron chi connectivity index (χ2n) is 3.50. The lowest BCUT2D eigenvalue weighted by Crippen LogP contribution is -2.26. The highest BCUT2D eigenvalue weighted by Crippen LogP contribution is 2.10. The van der Waals surface area contributed by atoms with Gasteiger partial charge in [-0.2, -0.15) is 0 Å². The number of rotatable bonds is 3. The normalized spacial score (nSPS) is 27.0. The van der Waals surface area contributed by atoms with Crippen molar-refractivity contribution in [3.05, 3.63) is 0 Å². The molecule has 0 bridgehead atoms. The maximum atomic E-state index is 9.36. The predicted octanol–water partition coefficient (Wildman–Crippen LogP) is 0.216. The van der Waals surface area contributed by atoms with Crippen molar-refractivity contribution >= 4 is 0 Å². The first-order valence-electron chi connectivity index (χ1n) is 4.84. The first-order valence-corrected chi connectivity index (χ1v) is 4.84. The third kappa shape index (κ3) is 3.52. The number of hydrogen-bond donors (Lipinski definition) is 2. The number of nitrogens with zero attached hydrogens (tertiary/aromatic N) is 1. The van der Waals surface area contributed by atoms with Gasteiger partial charge in [-0.3, -0.25) is 0 Å². The fourth-order valence-electron chi connectivity index (χ4n) is 1.66. The molecule has 0 aromatic rings. The summed E-state index contributed by atoms with van der Waals surface area (Å²) in [4.78, 5) is 2.33. The molecule has 0 aromatic carbocycles. The Morgan fingerprint density at radius 2 is 2.08 bits per heavy atom. The van der Waals surface area contributed by atoms with E-state index in [0.717, 1.165) is 45.3 Å². The molecule has 1 fully saturated rings. The molecule has 1 rings (SSSR count). The molecule has 1 unspecified atom stereocenters. The Balaban J connectivity index is 2.17. The maximum Gasteiger partial charge on any atom is 0.0553 e. The van der Waals surface area contributed by atoms with Gasteiger partial charge in [0, 0.05) is 19.7 Å². The van der Waals surface area contributed by atoms with E-state index in [0.29, 0.717) is 0 Å². The van der Waals surface area contributed by atoms with Gasteiger partial charge in [0.2, 0.25) is 0 Å². The van der Waals surface area contributed by atoms with Crippen LogP contribution in [0, 0.1) is 0 Å². The molecule has 1 atom stereocenters. The minimum Gasteiger partial charge on any atom is -0.396 e.